The minimum Gasteiger partial charge on any atom is -0.288 e. The molecule has 2 amide bonds. The van der Waals surface area contributed by atoms with Crippen LogP contribution in [0.2, 0.25) is 5.15 Å². The molecule has 0 unspecified atom stereocenters. The summed E-state index contributed by atoms with van der Waals surface area (Å²) in [4.78, 5) is 28.5. The number of para-hydroxylation sites is 1. The van der Waals surface area contributed by atoms with Gasteiger partial charge in [-0.25, -0.2) is 4.98 Å². The van der Waals surface area contributed by atoms with Crippen molar-refractivity contribution in [1.82, 2.24) is 9.99 Å². The lowest BCUT2D eigenvalue weighted by molar-refractivity contribution is 0.0691. The Labute approximate surface area is 120 Å². The largest absolute Gasteiger partial charge is 0.288 e. The average molecular weight is 288 g/mol. The first kappa shape index (κ1) is 12.6. The van der Waals surface area contributed by atoms with Gasteiger partial charge in [0, 0.05) is 5.69 Å². The highest BCUT2D eigenvalue weighted by atomic mass is 35.5. The molecule has 0 saturated carbocycles. The number of nitrogens with one attached hydrogen (secondary N) is 1. The fraction of sp³-hybridized carbons (Fsp3) is 0.0714. The third-order valence-corrected chi connectivity index (χ3v) is 3.24. The first-order valence-corrected chi connectivity index (χ1v) is 6.33. The second kappa shape index (κ2) is 4.61. The molecular formula is C14H10ClN3O2. The standard InChI is InChI=1S/C14H10ClN3O2/c1-8-7-10-11(12(15)16-8)14(20)18(13(10)19)17-9-5-3-2-4-6-9/h2-7,17H,1H3. The molecule has 1 aliphatic heterocycles. The normalized spacial score (nSPS) is 13.6. The summed E-state index contributed by atoms with van der Waals surface area (Å²) in [6.07, 6.45) is 0. The van der Waals surface area contributed by atoms with Gasteiger partial charge in [0.2, 0.25) is 0 Å². The number of halogens is 1. The highest BCUT2D eigenvalue weighted by molar-refractivity contribution is 6.36. The lowest BCUT2D eigenvalue weighted by Gasteiger charge is -2.16. The number of pyridine rings is 1. The highest BCUT2D eigenvalue weighted by Gasteiger charge is 2.38. The predicted molar refractivity (Wildman–Crippen MR) is 74.5 cm³/mol. The number of aromatic nitrogens is 1. The van der Waals surface area contributed by atoms with E-state index in [2.05, 4.69) is 10.4 Å². The van der Waals surface area contributed by atoms with Crippen molar-refractivity contribution in [3.63, 3.8) is 0 Å². The number of hydrazine groups is 1. The molecule has 5 nitrogen and oxygen atoms in total. The van der Waals surface area contributed by atoms with Crippen LogP contribution >= 0.6 is 11.6 Å². The molecular weight excluding hydrogens is 278 g/mol. The van der Waals surface area contributed by atoms with Crippen molar-refractivity contribution in [1.29, 1.82) is 0 Å². The molecule has 0 atom stereocenters. The van der Waals surface area contributed by atoms with E-state index in [1.807, 2.05) is 6.07 Å². The van der Waals surface area contributed by atoms with Crippen molar-refractivity contribution in [3.05, 3.63) is 58.4 Å². The molecule has 2 aromatic rings. The van der Waals surface area contributed by atoms with Gasteiger partial charge in [-0.3, -0.25) is 15.0 Å². The van der Waals surface area contributed by atoms with Crippen LogP contribution in [-0.4, -0.2) is 21.8 Å². The quantitative estimate of drug-likeness (QED) is 0.681. The van der Waals surface area contributed by atoms with Crippen LogP contribution in [0.4, 0.5) is 5.69 Å². The first-order valence-electron chi connectivity index (χ1n) is 5.95. The highest BCUT2D eigenvalue weighted by Crippen LogP contribution is 2.28. The predicted octanol–water partition coefficient (Wildman–Crippen LogP) is 2.67. The van der Waals surface area contributed by atoms with Crippen LogP contribution in [-0.2, 0) is 0 Å². The van der Waals surface area contributed by atoms with E-state index in [1.54, 1.807) is 37.3 Å². The number of amides is 2. The number of aryl methyl sites for hydroxylation is 1. The van der Waals surface area contributed by atoms with E-state index in [0.29, 0.717) is 11.4 Å². The van der Waals surface area contributed by atoms with E-state index in [0.717, 1.165) is 5.01 Å². The molecule has 0 fully saturated rings. The molecule has 1 aliphatic rings. The van der Waals surface area contributed by atoms with Gasteiger partial charge in [-0.2, -0.15) is 5.01 Å². The summed E-state index contributed by atoms with van der Waals surface area (Å²) in [5.41, 5.74) is 4.44. The van der Waals surface area contributed by atoms with Gasteiger partial charge >= 0.3 is 0 Å². The molecule has 1 aromatic carbocycles. The maximum Gasteiger partial charge on any atom is 0.283 e. The number of hydrogen-bond acceptors (Lipinski definition) is 4. The first-order chi connectivity index (χ1) is 9.58. The summed E-state index contributed by atoms with van der Waals surface area (Å²) in [5, 5.41) is 1.00. The zero-order chi connectivity index (χ0) is 14.3. The van der Waals surface area contributed by atoms with E-state index in [-0.39, 0.29) is 16.3 Å². The third-order valence-electron chi connectivity index (χ3n) is 2.97. The van der Waals surface area contributed by atoms with Crippen LogP contribution in [0.3, 0.4) is 0 Å². The van der Waals surface area contributed by atoms with Crippen LogP contribution in [0.25, 0.3) is 0 Å². The lowest BCUT2D eigenvalue weighted by Crippen LogP contribution is -2.35. The molecule has 2 heterocycles. The molecule has 100 valence electrons. The third kappa shape index (κ3) is 1.92. The molecule has 1 aromatic heterocycles. The van der Waals surface area contributed by atoms with Crippen LogP contribution in [0.15, 0.2) is 36.4 Å². The number of fused-ring (bicyclic) bond motifs is 1. The number of rotatable bonds is 2. The maximum absolute atomic E-state index is 12.3. The second-order valence-corrected chi connectivity index (χ2v) is 4.76. The van der Waals surface area contributed by atoms with E-state index in [1.165, 1.54) is 0 Å². The fourth-order valence-electron chi connectivity index (χ4n) is 2.08. The molecule has 3 rings (SSSR count). The monoisotopic (exact) mass is 287 g/mol. The van der Waals surface area contributed by atoms with Crippen molar-refractivity contribution in [2.45, 2.75) is 6.92 Å². The molecule has 1 N–H and O–H groups in total. The lowest BCUT2D eigenvalue weighted by atomic mass is 10.1. The van der Waals surface area contributed by atoms with E-state index < -0.39 is 11.8 Å². The topological polar surface area (TPSA) is 62.3 Å². The average Bonchev–Trinajstić information content (AvgIpc) is 2.65. The Morgan fingerprint density at radius 3 is 2.55 bits per heavy atom. The molecule has 0 radical (unpaired) electrons. The van der Waals surface area contributed by atoms with Crippen molar-refractivity contribution < 1.29 is 9.59 Å². The minimum absolute atomic E-state index is 0.0516. The summed E-state index contributed by atoms with van der Waals surface area (Å²) < 4.78 is 0. The Bertz CT molecular complexity index is 716. The Balaban J connectivity index is 2.00. The molecule has 0 bridgehead atoms. The Hall–Kier alpha value is -2.40. The zero-order valence-corrected chi connectivity index (χ0v) is 11.3. The van der Waals surface area contributed by atoms with Gasteiger partial charge in [0.05, 0.1) is 16.8 Å². The van der Waals surface area contributed by atoms with Crippen molar-refractivity contribution >= 4 is 29.1 Å². The molecule has 0 saturated heterocycles. The van der Waals surface area contributed by atoms with E-state index >= 15 is 0 Å². The molecule has 20 heavy (non-hydrogen) atoms. The zero-order valence-electron chi connectivity index (χ0n) is 10.6. The summed E-state index contributed by atoms with van der Waals surface area (Å²) in [5.74, 6) is -0.924. The van der Waals surface area contributed by atoms with Crippen LogP contribution in [0, 0.1) is 6.92 Å². The Morgan fingerprint density at radius 2 is 1.85 bits per heavy atom. The number of benzene rings is 1. The fourth-order valence-corrected chi connectivity index (χ4v) is 2.39. The van der Waals surface area contributed by atoms with Crippen LogP contribution in [0.5, 0.6) is 0 Å². The molecule has 0 aliphatic carbocycles. The summed E-state index contributed by atoms with van der Waals surface area (Å²) in [6.45, 7) is 1.72. The number of hydrogen-bond donors (Lipinski definition) is 1. The van der Waals surface area contributed by atoms with Gasteiger partial charge in [-0.05, 0) is 25.1 Å². The van der Waals surface area contributed by atoms with Crippen molar-refractivity contribution in [2.75, 3.05) is 5.43 Å². The van der Waals surface area contributed by atoms with Gasteiger partial charge in [0.15, 0.2) is 0 Å². The number of nitrogens with zero attached hydrogens (tertiary/aromatic N) is 2. The smallest absolute Gasteiger partial charge is 0.283 e. The number of anilines is 1. The van der Waals surface area contributed by atoms with Crippen LogP contribution < -0.4 is 5.43 Å². The number of carbonyl (C=O) groups is 2. The SMILES string of the molecule is Cc1cc2c(c(Cl)n1)C(=O)N(Nc1ccccc1)C2=O. The summed E-state index contributed by atoms with van der Waals surface area (Å²) in [7, 11) is 0. The van der Waals surface area contributed by atoms with Gasteiger partial charge < -0.3 is 0 Å². The Morgan fingerprint density at radius 1 is 1.15 bits per heavy atom. The van der Waals surface area contributed by atoms with E-state index in [9.17, 15) is 9.59 Å². The number of carbonyl (C=O) groups excluding carboxylic acids is 2. The van der Waals surface area contributed by atoms with Crippen molar-refractivity contribution in [3.8, 4) is 0 Å². The number of imide groups is 1. The maximum atomic E-state index is 12.3. The van der Waals surface area contributed by atoms with Gasteiger partial charge in [0.25, 0.3) is 11.8 Å². The van der Waals surface area contributed by atoms with Crippen LogP contribution in [0.1, 0.15) is 26.4 Å². The second-order valence-electron chi connectivity index (χ2n) is 4.40. The summed E-state index contributed by atoms with van der Waals surface area (Å²) >= 11 is 5.96. The molecule has 0 spiro atoms. The van der Waals surface area contributed by atoms with E-state index in [4.69, 9.17) is 11.6 Å². The van der Waals surface area contributed by atoms with Gasteiger partial charge in [-0.1, -0.05) is 29.8 Å². The molecule has 6 heteroatoms. The summed E-state index contributed by atoms with van der Waals surface area (Å²) in [6, 6.07) is 10.5. The minimum atomic E-state index is -0.494. The van der Waals surface area contributed by atoms with Gasteiger partial charge in [-0.15, -0.1) is 0 Å². The van der Waals surface area contributed by atoms with Gasteiger partial charge in [0.1, 0.15) is 5.15 Å². The Kier molecular flexibility index (Phi) is 2.91. The van der Waals surface area contributed by atoms with Crippen molar-refractivity contribution in [2.24, 2.45) is 0 Å².